The van der Waals surface area contributed by atoms with Crippen LogP contribution in [0.15, 0.2) is 18.3 Å². The number of aromatic nitrogens is 3. The topological polar surface area (TPSA) is 68.0 Å². The average molecular weight is 295 g/mol. The Morgan fingerprint density at radius 2 is 1.86 bits per heavy atom. The van der Waals surface area contributed by atoms with Crippen molar-refractivity contribution in [3.05, 3.63) is 35.5 Å². The zero-order valence-corrected chi connectivity index (χ0v) is 11.9. The van der Waals surface area contributed by atoms with Crippen LogP contribution in [0, 0.1) is 17.0 Å². The Bertz CT molecular complexity index is 667. The minimum absolute atomic E-state index is 0.0335. The van der Waals surface area contributed by atoms with E-state index >= 15 is 0 Å². The maximum absolute atomic E-state index is 13.9. The van der Waals surface area contributed by atoms with E-state index < -0.39 is 23.2 Å². The van der Waals surface area contributed by atoms with Gasteiger partial charge in [-0.05, 0) is 17.5 Å². The van der Waals surface area contributed by atoms with E-state index in [4.69, 9.17) is 5.11 Å². The molecule has 0 saturated carbocycles. The Balaban J connectivity index is 2.41. The van der Waals surface area contributed by atoms with Crippen LogP contribution in [0.1, 0.15) is 31.1 Å². The molecular formula is C14H15F2N3O2. The van der Waals surface area contributed by atoms with Gasteiger partial charge < -0.3 is 5.11 Å². The van der Waals surface area contributed by atoms with Gasteiger partial charge in [0.25, 0.3) is 0 Å². The molecule has 7 heteroatoms. The predicted octanol–water partition coefficient (Wildman–Crippen LogP) is 2.97. The summed E-state index contributed by atoms with van der Waals surface area (Å²) in [6, 6.07) is 1.53. The largest absolute Gasteiger partial charge is 0.478 e. The Morgan fingerprint density at radius 1 is 1.29 bits per heavy atom. The summed E-state index contributed by atoms with van der Waals surface area (Å²) in [5, 5.41) is 16.8. The highest BCUT2D eigenvalue weighted by molar-refractivity contribution is 5.88. The lowest BCUT2D eigenvalue weighted by Gasteiger charge is -2.16. The van der Waals surface area contributed by atoms with Crippen molar-refractivity contribution in [2.45, 2.75) is 27.3 Å². The van der Waals surface area contributed by atoms with E-state index in [1.165, 1.54) is 11.0 Å². The first kappa shape index (κ1) is 15.1. The molecule has 0 fully saturated rings. The van der Waals surface area contributed by atoms with E-state index in [0.29, 0.717) is 6.54 Å². The van der Waals surface area contributed by atoms with E-state index in [-0.39, 0.29) is 16.7 Å². The van der Waals surface area contributed by atoms with Crippen molar-refractivity contribution in [2.24, 2.45) is 5.41 Å². The SMILES string of the molecule is CC(C)(C)Cn1ncc(-c2c(F)cc(C(=O)O)cc2F)n1. The number of hydrogen-bond donors (Lipinski definition) is 1. The molecule has 0 bridgehead atoms. The van der Waals surface area contributed by atoms with Crippen LogP contribution < -0.4 is 0 Å². The Kier molecular flexibility index (Phi) is 3.76. The van der Waals surface area contributed by atoms with Gasteiger partial charge >= 0.3 is 5.97 Å². The van der Waals surface area contributed by atoms with Gasteiger partial charge in [-0.15, -0.1) is 0 Å². The molecule has 0 saturated heterocycles. The number of carboxylic acids is 1. The fraction of sp³-hybridized carbons (Fsp3) is 0.357. The molecule has 1 N–H and O–H groups in total. The number of hydrogen-bond acceptors (Lipinski definition) is 3. The molecule has 2 aromatic rings. The molecule has 0 amide bonds. The third-order valence-electron chi connectivity index (χ3n) is 2.70. The molecule has 1 aromatic carbocycles. The van der Waals surface area contributed by atoms with Crippen LogP contribution in [0.3, 0.4) is 0 Å². The summed E-state index contributed by atoms with van der Waals surface area (Å²) < 4.78 is 27.8. The minimum atomic E-state index is -1.39. The summed E-state index contributed by atoms with van der Waals surface area (Å²) in [5.41, 5.74) is -0.872. The third kappa shape index (κ3) is 3.42. The Labute approximate surface area is 120 Å². The molecule has 5 nitrogen and oxygen atoms in total. The van der Waals surface area contributed by atoms with Crippen molar-refractivity contribution in [2.75, 3.05) is 0 Å². The van der Waals surface area contributed by atoms with Gasteiger partial charge in [0.05, 0.1) is 23.9 Å². The molecule has 2 rings (SSSR count). The van der Waals surface area contributed by atoms with E-state index in [2.05, 4.69) is 10.2 Å². The van der Waals surface area contributed by atoms with Gasteiger partial charge in [-0.1, -0.05) is 20.8 Å². The quantitative estimate of drug-likeness (QED) is 0.945. The predicted molar refractivity (Wildman–Crippen MR) is 71.8 cm³/mol. The third-order valence-corrected chi connectivity index (χ3v) is 2.70. The summed E-state index contributed by atoms with van der Waals surface area (Å²) in [6.45, 7) is 6.44. The van der Waals surface area contributed by atoms with E-state index in [0.717, 1.165) is 12.1 Å². The number of carboxylic acid groups (broad SMARTS) is 1. The molecule has 0 radical (unpaired) electrons. The lowest BCUT2D eigenvalue weighted by molar-refractivity contribution is 0.0695. The molecule has 112 valence electrons. The van der Waals surface area contributed by atoms with Gasteiger partial charge in [-0.3, -0.25) is 0 Å². The molecule has 0 aliphatic heterocycles. The molecular weight excluding hydrogens is 280 g/mol. The Morgan fingerprint density at radius 3 is 2.33 bits per heavy atom. The highest BCUT2D eigenvalue weighted by atomic mass is 19.1. The zero-order valence-electron chi connectivity index (χ0n) is 11.9. The second-order valence-electron chi connectivity index (χ2n) is 5.94. The lowest BCUT2D eigenvalue weighted by Crippen LogP contribution is -2.17. The number of benzene rings is 1. The number of nitrogens with zero attached hydrogens (tertiary/aromatic N) is 3. The summed E-state index contributed by atoms with van der Waals surface area (Å²) in [5.74, 6) is -3.35. The second kappa shape index (κ2) is 5.23. The zero-order chi connectivity index (χ0) is 15.8. The molecule has 21 heavy (non-hydrogen) atoms. The average Bonchev–Trinajstić information content (AvgIpc) is 2.73. The first-order chi connectivity index (χ1) is 9.67. The molecule has 1 aromatic heterocycles. The van der Waals surface area contributed by atoms with Crippen LogP contribution in [0.4, 0.5) is 8.78 Å². The maximum Gasteiger partial charge on any atom is 0.335 e. The number of aromatic carboxylic acids is 1. The molecule has 0 spiro atoms. The lowest BCUT2D eigenvalue weighted by atomic mass is 9.97. The van der Waals surface area contributed by atoms with Crippen molar-refractivity contribution in [3.63, 3.8) is 0 Å². The van der Waals surface area contributed by atoms with Crippen LogP contribution in [0.5, 0.6) is 0 Å². The maximum atomic E-state index is 13.9. The van der Waals surface area contributed by atoms with Gasteiger partial charge in [0, 0.05) is 0 Å². The van der Waals surface area contributed by atoms with Gasteiger partial charge in [-0.25, -0.2) is 13.6 Å². The highest BCUT2D eigenvalue weighted by Crippen LogP contribution is 2.26. The summed E-state index contributed by atoms with van der Waals surface area (Å²) in [7, 11) is 0. The smallest absolute Gasteiger partial charge is 0.335 e. The van der Waals surface area contributed by atoms with Crippen LogP contribution in [-0.2, 0) is 6.54 Å². The first-order valence-corrected chi connectivity index (χ1v) is 6.30. The summed E-state index contributed by atoms with van der Waals surface area (Å²) in [6.07, 6.45) is 1.26. The molecule has 0 atom stereocenters. The van der Waals surface area contributed by atoms with Crippen molar-refractivity contribution >= 4 is 5.97 Å². The fourth-order valence-electron chi connectivity index (χ4n) is 1.85. The monoisotopic (exact) mass is 295 g/mol. The summed E-state index contributed by atoms with van der Waals surface area (Å²) >= 11 is 0. The number of halogens is 2. The molecule has 1 heterocycles. The number of rotatable bonds is 3. The van der Waals surface area contributed by atoms with Crippen LogP contribution in [-0.4, -0.2) is 26.1 Å². The van der Waals surface area contributed by atoms with Crippen LogP contribution in [0.25, 0.3) is 11.3 Å². The minimum Gasteiger partial charge on any atom is -0.478 e. The Hall–Kier alpha value is -2.31. The van der Waals surface area contributed by atoms with Crippen molar-refractivity contribution < 1.29 is 18.7 Å². The van der Waals surface area contributed by atoms with Gasteiger partial charge in [0.1, 0.15) is 17.3 Å². The van der Waals surface area contributed by atoms with Gasteiger partial charge in [0.15, 0.2) is 0 Å². The van der Waals surface area contributed by atoms with Crippen molar-refractivity contribution in [1.29, 1.82) is 0 Å². The van der Waals surface area contributed by atoms with E-state index in [1.807, 2.05) is 20.8 Å². The molecule has 0 unspecified atom stereocenters. The van der Waals surface area contributed by atoms with Crippen molar-refractivity contribution in [3.8, 4) is 11.3 Å². The number of carbonyl (C=O) groups is 1. The molecule has 0 aliphatic carbocycles. The van der Waals surface area contributed by atoms with Crippen molar-refractivity contribution in [1.82, 2.24) is 15.0 Å². The van der Waals surface area contributed by atoms with Gasteiger partial charge in [-0.2, -0.15) is 15.0 Å². The standard InChI is InChI=1S/C14H15F2N3O2/c1-14(2,3)7-19-17-6-11(18-19)12-9(15)4-8(13(20)21)5-10(12)16/h4-6H,7H2,1-3H3,(H,20,21). The van der Waals surface area contributed by atoms with E-state index in [1.54, 1.807) is 0 Å². The van der Waals surface area contributed by atoms with Crippen LogP contribution >= 0.6 is 0 Å². The highest BCUT2D eigenvalue weighted by Gasteiger charge is 2.20. The fourth-order valence-corrected chi connectivity index (χ4v) is 1.85. The molecule has 0 aliphatic rings. The van der Waals surface area contributed by atoms with E-state index in [9.17, 15) is 13.6 Å². The van der Waals surface area contributed by atoms with Crippen LogP contribution in [0.2, 0.25) is 0 Å². The normalized spacial score (nSPS) is 11.7. The second-order valence-corrected chi connectivity index (χ2v) is 5.94. The van der Waals surface area contributed by atoms with Gasteiger partial charge in [0.2, 0.25) is 0 Å². The first-order valence-electron chi connectivity index (χ1n) is 6.30. The summed E-state index contributed by atoms with van der Waals surface area (Å²) in [4.78, 5) is 12.1.